The molecule has 0 amide bonds. The third-order valence-corrected chi connectivity index (χ3v) is 4.54. The molecule has 7 heteroatoms. The molecule has 108 valence electrons. The topological polar surface area (TPSA) is 65.1 Å². The van der Waals surface area contributed by atoms with Crippen molar-refractivity contribution in [1.82, 2.24) is 4.67 Å². The van der Waals surface area contributed by atoms with Crippen molar-refractivity contribution in [2.45, 2.75) is 33.7 Å². The number of carbonyl (C=O) groups is 1. The molecule has 0 fully saturated rings. The number of carbonyl (C=O) groups excluding carboxylic acids is 1. The van der Waals surface area contributed by atoms with Gasteiger partial charge in [0.05, 0.1) is 13.2 Å². The zero-order valence-electron chi connectivity index (χ0n) is 12.0. The zero-order valence-corrected chi connectivity index (χ0v) is 12.9. The summed E-state index contributed by atoms with van der Waals surface area (Å²) < 4.78 is 28.8. The Hall–Kier alpha value is -0.420. The van der Waals surface area contributed by atoms with Gasteiger partial charge in [0.1, 0.15) is 6.04 Å². The predicted molar refractivity (Wildman–Crippen MR) is 69.3 cm³/mol. The van der Waals surface area contributed by atoms with E-state index in [9.17, 15) is 9.36 Å². The van der Waals surface area contributed by atoms with Crippen LogP contribution in [0.1, 0.15) is 27.7 Å². The molecule has 0 N–H and O–H groups in total. The number of hydrogen-bond donors (Lipinski definition) is 0. The second-order valence-electron chi connectivity index (χ2n) is 4.08. The molecule has 0 aromatic carbocycles. The molecule has 0 spiro atoms. The van der Waals surface area contributed by atoms with E-state index in [4.69, 9.17) is 13.8 Å². The highest BCUT2D eigenvalue weighted by Gasteiger charge is 2.40. The Balaban J connectivity index is 5.12. The average Bonchev–Trinajstić information content (AvgIpc) is 2.29. The summed E-state index contributed by atoms with van der Waals surface area (Å²) in [6, 6.07) is -0.665. The van der Waals surface area contributed by atoms with Crippen molar-refractivity contribution in [3.05, 3.63) is 0 Å². The van der Waals surface area contributed by atoms with E-state index in [1.54, 1.807) is 20.9 Å². The Morgan fingerprint density at radius 1 is 1.28 bits per heavy atom. The van der Waals surface area contributed by atoms with Crippen molar-refractivity contribution >= 4 is 13.7 Å². The normalized spacial score (nSPS) is 16.7. The number of rotatable bonds is 8. The van der Waals surface area contributed by atoms with Crippen LogP contribution >= 0.6 is 7.75 Å². The van der Waals surface area contributed by atoms with E-state index in [0.29, 0.717) is 0 Å². The van der Waals surface area contributed by atoms with Gasteiger partial charge in [-0.2, -0.15) is 4.67 Å². The third-order valence-electron chi connectivity index (χ3n) is 2.47. The molecule has 0 saturated carbocycles. The summed E-state index contributed by atoms with van der Waals surface area (Å²) >= 11 is 0. The molecule has 0 rings (SSSR count). The molecule has 0 aliphatic rings. The molecular weight excluding hydrogens is 257 g/mol. The Kier molecular flexibility index (Phi) is 7.71. The van der Waals surface area contributed by atoms with Gasteiger partial charge in [-0.3, -0.25) is 13.8 Å². The molecule has 0 radical (unpaired) electrons. The van der Waals surface area contributed by atoms with Gasteiger partial charge in [0.2, 0.25) is 0 Å². The smallest absolute Gasteiger partial charge is 0.408 e. The van der Waals surface area contributed by atoms with Crippen LogP contribution in [0.4, 0.5) is 0 Å². The summed E-state index contributed by atoms with van der Waals surface area (Å²) in [7, 11) is -0.602. The van der Waals surface area contributed by atoms with Gasteiger partial charge in [-0.05, 0) is 26.8 Å². The minimum Gasteiger partial charge on any atom is -0.465 e. The lowest BCUT2D eigenvalue weighted by atomic mass is 10.1. The Morgan fingerprint density at radius 2 is 1.83 bits per heavy atom. The Morgan fingerprint density at radius 3 is 2.17 bits per heavy atom. The molecule has 2 unspecified atom stereocenters. The number of ether oxygens (including phenoxy) is 1. The molecule has 0 saturated heterocycles. The summed E-state index contributed by atoms with van der Waals surface area (Å²) in [5, 5.41) is 0. The quantitative estimate of drug-likeness (QED) is 0.502. The van der Waals surface area contributed by atoms with Crippen LogP contribution in [0.3, 0.4) is 0 Å². The second kappa shape index (κ2) is 7.89. The Labute approximate surface area is 109 Å². The van der Waals surface area contributed by atoms with Crippen LogP contribution in [0.25, 0.3) is 0 Å². The molecule has 18 heavy (non-hydrogen) atoms. The van der Waals surface area contributed by atoms with Crippen LogP contribution in [-0.2, 0) is 23.1 Å². The summed E-state index contributed by atoms with van der Waals surface area (Å²) in [6.07, 6.45) is 0. The molecular formula is C11H24NO5P. The van der Waals surface area contributed by atoms with Crippen LogP contribution in [0, 0.1) is 5.92 Å². The maximum atomic E-state index is 12.4. The van der Waals surface area contributed by atoms with Crippen molar-refractivity contribution < 1.29 is 23.1 Å². The van der Waals surface area contributed by atoms with E-state index in [-0.39, 0.29) is 19.1 Å². The number of hydrogen-bond acceptors (Lipinski definition) is 5. The second-order valence-corrected chi connectivity index (χ2v) is 6.27. The van der Waals surface area contributed by atoms with Gasteiger partial charge < -0.3 is 4.74 Å². The van der Waals surface area contributed by atoms with Crippen molar-refractivity contribution in [2.75, 3.05) is 27.4 Å². The van der Waals surface area contributed by atoms with Gasteiger partial charge in [-0.1, -0.05) is 13.8 Å². The highest BCUT2D eigenvalue weighted by molar-refractivity contribution is 7.51. The maximum absolute atomic E-state index is 12.4. The minimum atomic E-state index is -3.45. The van der Waals surface area contributed by atoms with Crippen molar-refractivity contribution in [2.24, 2.45) is 5.92 Å². The van der Waals surface area contributed by atoms with Gasteiger partial charge in [0, 0.05) is 7.11 Å². The molecule has 0 aromatic heterocycles. The monoisotopic (exact) mass is 281 g/mol. The summed E-state index contributed by atoms with van der Waals surface area (Å²) in [6.45, 7) is 7.67. The molecule has 2 atom stereocenters. The Bertz CT molecular complexity index is 308. The highest BCUT2D eigenvalue weighted by atomic mass is 31.2. The minimum absolute atomic E-state index is 0.0713. The van der Waals surface area contributed by atoms with Crippen molar-refractivity contribution in [3.63, 3.8) is 0 Å². The fraction of sp³-hybridized carbons (Fsp3) is 0.909. The van der Waals surface area contributed by atoms with Crippen LogP contribution in [0.2, 0.25) is 0 Å². The van der Waals surface area contributed by atoms with Gasteiger partial charge in [-0.15, -0.1) is 0 Å². The maximum Gasteiger partial charge on any atom is 0.408 e. The number of likely N-dealkylation sites (N-methyl/N-ethyl adjacent to an activating group) is 1. The van der Waals surface area contributed by atoms with E-state index in [1.165, 1.54) is 11.8 Å². The van der Waals surface area contributed by atoms with Gasteiger partial charge in [-0.25, -0.2) is 4.57 Å². The lowest BCUT2D eigenvalue weighted by Gasteiger charge is -2.32. The van der Waals surface area contributed by atoms with E-state index in [2.05, 4.69) is 0 Å². The first kappa shape index (κ1) is 17.6. The lowest BCUT2D eigenvalue weighted by Crippen LogP contribution is -2.42. The predicted octanol–water partition coefficient (Wildman–Crippen LogP) is 2.30. The fourth-order valence-corrected chi connectivity index (χ4v) is 3.21. The first-order chi connectivity index (χ1) is 8.33. The third kappa shape index (κ3) is 4.35. The molecule has 0 heterocycles. The van der Waals surface area contributed by atoms with Gasteiger partial charge >= 0.3 is 13.7 Å². The first-order valence-electron chi connectivity index (χ1n) is 6.04. The summed E-state index contributed by atoms with van der Waals surface area (Å²) in [5.41, 5.74) is 0. The number of esters is 1. The van der Waals surface area contributed by atoms with E-state index in [1.807, 2.05) is 13.8 Å². The first-order valence-corrected chi connectivity index (χ1v) is 7.53. The standard InChI is InChI=1S/C11H24NO5P/c1-7-16-11(13)10(9(3)4)12(5)18(14,15-6)17-8-2/h9-10H,7-8H2,1-6H3. The highest BCUT2D eigenvalue weighted by Crippen LogP contribution is 2.52. The average molecular weight is 281 g/mol. The summed E-state index contributed by atoms with van der Waals surface area (Å²) in [4.78, 5) is 11.9. The molecule has 0 aliphatic heterocycles. The summed E-state index contributed by atoms with van der Waals surface area (Å²) in [5.74, 6) is -0.495. The molecule has 0 aliphatic carbocycles. The van der Waals surface area contributed by atoms with Crippen LogP contribution in [0.5, 0.6) is 0 Å². The zero-order chi connectivity index (χ0) is 14.3. The van der Waals surface area contributed by atoms with E-state index in [0.717, 1.165) is 0 Å². The van der Waals surface area contributed by atoms with Gasteiger partial charge in [0.25, 0.3) is 0 Å². The molecule has 0 aromatic rings. The SMILES string of the molecule is CCOC(=O)C(C(C)C)N(C)P(=O)(OC)OCC. The molecule has 6 nitrogen and oxygen atoms in total. The lowest BCUT2D eigenvalue weighted by molar-refractivity contribution is -0.149. The van der Waals surface area contributed by atoms with Crippen LogP contribution < -0.4 is 0 Å². The number of nitrogens with zero attached hydrogens (tertiary/aromatic N) is 1. The molecule has 0 bridgehead atoms. The van der Waals surface area contributed by atoms with Crippen molar-refractivity contribution in [3.8, 4) is 0 Å². The van der Waals surface area contributed by atoms with E-state index >= 15 is 0 Å². The van der Waals surface area contributed by atoms with Crippen LogP contribution in [0.15, 0.2) is 0 Å². The van der Waals surface area contributed by atoms with Crippen LogP contribution in [-0.4, -0.2) is 44.1 Å². The largest absolute Gasteiger partial charge is 0.465 e. The van der Waals surface area contributed by atoms with Crippen molar-refractivity contribution in [1.29, 1.82) is 0 Å². The fourth-order valence-electron chi connectivity index (χ4n) is 1.67. The van der Waals surface area contributed by atoms with Gasteiger partial charge in [0.15, 0.2) is 0 Å². The van der Waals surface area contributed by atoms with E-state index < -0.39 is 19.8 Å².